The van der Waals surface area contributed by atoms with E-state index in [1.165, 1.54) is 26.4 Å². The molecule has 2 aromatic carbocycles. The molecule has 0 radical (unpaired) electrons. The number of hydrogen-bond acceptors (Lipinski definition) is 6. The lowest BCUT2D eigenvalue weighted by Crippen LogP contribution is -2.23. The summed E-state index contributed by atoms with van der Waals surface area (Å²) in [5.41, 5.74) is 3.37. The average molecular weight is 431 g/mol. The SMILES string of the molecule is CCOC(=O)c1c2c(c3n1CCc1ccccc1-3)C(=O)c1cc(OC)c(OC)cc1C2=O. The zero-order valence-corrected chi connectivity index (χ0v) is 18.0. The van der Waals surface area contributed by atoms with Gasteiger partial charge < -0.3 is 18.8 Å². The molecule has 2 aliphatic rings. The second-order valence-corrected chi connectivity index (χ2v) is 7.64. The summed E-state index contributed by atoms with van der Waals surface area (Å²) in [5, 5.41) is 0. The molecular formula is C25H21NO6. The molecule has 0 unspecified atom stereocenters. The minimum absolute atomic E-state index is 0.0971. The zero-order valence-electron chi connectivity index (χ0n) is 18.0. The van der Waals surface area contributed by atoms with E-state index >= 15 is 0 Å². The average Bonchev–Trinajstić information content (AvgIpc) is 3.18. The number of ketones is 2. The van der Waals surface area contributed by atoms with Crippen LogP contribution in [0.15, 0.2) is 36.4 Å². The summed E-state index contributed by atoms with van der Waals surface area (Å²) in [4.78, 5) is 40.5. The number of aromatic nitrogens is 1. The highest BCUT2D eigenvalue weighted by atomic mass is 16.5. The maximum Gasteiger partial charge on any atom is 0.355 e. The number of carbonyl (C=O) groups excluding carboxylic acids is 3. The summed E-state index contributed by atoms with van der Waals surface area (Å²) in [6.45, 7) is 2.34. The van der Waals surface area contributed by atoms with E-state index in [2.05, 4.69) is 0 Å². The van der Waals surface area contributed by atoms with Crippen LogP contribution < -0.4 is 9.47 Å². The number of aryl methyl sites for hydroxylation is 1. The van der Waals surface area contributed by atoms with Gasteiger partial charge in [-0.25, -0.2) is 4.79 Å². The highest BCUT2D eigenvalue weighted by Crippen LogP contribution is 2.44. The monoisotopic (exact) mass is 431 g/mol. The highest BCUT2D eigenvalue weighted by Gasteiger charge is 2.42. The van der Waals surface area contributed by atoms with Crippen molar-refractivity contribution in [1.29, 1.82) is 0 Å². The molecule has 0 fully saturated rings. The summed E-state index contributed by atoms with van der Waals surface area (Å²) < 4.78 is 17.7. The number of hydrogen-bond donors (Lipinski definition) is 0. The van der Waals surface area contributed by atoms with E-state index in [-0.39, 0.29) is 40.3 Å². The highest BCUT2D eigenvalue weighted by molar-refractivity contribution is 6.33. The number of benzene rings is 2. The minimum Gasteiger partial charge on any atom is -0.493 e. The van der Waals surface area contributed by atoms with Gasteiger partial charge in [-0.3, -0.25) is 9.59 Å². The van der Waals surface area contributed by atoms with Gasteiger partial charge in [0.25, 0.3) is 0 Å². The molecule has 0 amide bonds. The van der Waals surface area contributed by atoms with Crippen LogP contribution in [0.2, 0.25) is 0 Å². The quantitative estimate of drug-likeness (QED) is 0.459. The molecule has 7 nitrogen and oxygen atoms in total. The standard InChI is InChI=1S/C25H21NO6/c1-4-32-25(29)22-20-19(21-14-8-6-5-7-13(14)9-10-26(21)22)23(27)15-11-17(30-2)18(31-3)12-16(15)24(20)28/h5-8,11-12H,4,9-10H2,1-3H3. The number of rotatable bonds is 4. The molecule has 1 aromatic heterocycles. The van der Waals surface area contributed by atoms with Gasteiger partial charge in [0.15, 0.2) is 23.1 Å². The lowest BCUT2D eigenvalue weighted by molar-refractivity contribution is 0.0511. The lowest BCUT2D eigenvalue weighted by atomic mass is 9.82. The van der Waals surface area contributed by atoms with Gasteiger partial charge in [0.05, 0.1) is 37.6 Å². The summed E-state index contributed by atoms with van der Waals surface area (Å²) in [6.07, 6.45) is 0.681. The molecule has 0 bridgehead atoms. The number of nitrogens with zero attached hydrogens (tertiary/aromatic N) is 1. The van der Waals surface area contributed by atoms with Gasteiger partial charge in [0, 0.05) is 23.2 Å². The van der Waals surface area contributed by atoms with Crippen molar-refractivity contribution in [1.82, 2.24) is 4.57 Å². The number of esters is 1. The summed E-state index contributed by atoms with van der Waals surface area (Å²) in [6, 6.07) is 10.8. The Hall–Kier alpha value is -3.87. The number of carbonyl (C=O) groups is 3. The summed E-state index contributed by atoms with van der Waals surface area (Å²) >= 11 is 0. The van der Waals surface area contributed by atoms with Crippen LogP contribution in [-0.2, 0) is 17.7 Å². The Morgan fingerprint density at radius 1 is 0.938 bits per heavy atom. The molecule has 5 rings (SSSR count). The molecule has 0 saturated heterocycles. The fraction of sp³-hybridized carbons (Fsp3) is 0.240. The third kappa shape index (κ3) is 2.64. The fourth-order valence-electron chi connectivity index (χ4n) is 4.70. The Morgan fingerprint density at radius 2 is 1.56 bits per heavy atom. The molecule has 32 heavy (non-hydrogen) atoms. The molecule has 1 aliphatic carbocycles. The minimum atomic E-state index is -0.612. The predicted octanol–water partition coefficient (Wildman–Crippen LogP) is 3.68. The fourth-order valence-corrected chi connectivity index (χ4v) is 4.70. The van der Waals surface area contributed by atoms with E-state index in [4.69, 9.17) is 14.2 Å². The van der Waals surface area contributed by atoms with Crippen molar-refractivity contribution in [3.05, 3.63) is 69.9 Å². The van der Waals surface area contributed by atoms with Crippen molar-refractivity contribution in [2.45, 2.75) is 19.9 Å². The Morgan fingerprint density at radius 3 is 2.19 bits per heavy atom. The summed E-state index contributed by atoms with van der Waals surface area (Å²) in [7, 11) is 2.93. The first kappa shape index (κ1) is 20.1. The Kier molecular flexibility index (Phi) is 4.62. The van der Waals surface area contributed by atoms with Crippen molar-refractivity contribution < 1.29 is 28.6 Å². The van der Waals surface area contributed by atoms with Gasteiger partial charge in [-0.15, -0.1) is 0 Å². The van der Waals surface area contributed by atoms with Crippen LogP contribution in [0, 0.1) is 0 Å². The molecule has 2 heterocycles. The number of methoxy groups -OCH3 is 2. The second-order valence-electron chi connectivity index (χ2n) is 7.64. The van der Waals surface area contributed by atoms with Crippen LogP contribution in [0.4, 0.5) is 0 Å². The van der Waals surface area contributed by atoms with Crippen LogP contribution in [0.5, 0.6) is 11.5 Å². The molecule has 0 N–H and O–H groups in total. The van der Waals surface area contributed by atoms with Gasteiger partial charge in [-0.1, -0.05) is 24.3 Å². The van der Waals surface area contributed by atoms with E-state index in [0.29, 0.717) is 30.2 Å². The maximum atomic E-state index is 13.8. The van der Waals surface area contributed by atoms with Crippen molar-refractivity contribution in [2.75, 3.05) is 20.8 Å². The van der Waals surface area contributed by atoms with Crippen LogP contribution >= 0.6 is 0 Å². The summed E-state index contributed by atoms with van der Waals surface area (Å²) in [5.74, 6) is -0.651. The molecule has 1 aliphatic heterocycles. The maximum absolute atomic E-state index is 13.8. The van der Waals surface area contributed by atoms with Crippen molar-refractivity contribution >= 4 is 17.5 Å². The Bertz CT molecular complexity index is 1320. The Balaban J connectivity index is 1.85. The van der Waals surface area contributed by atoms with Crippen LogP contribution in [0.25, 0.3) is 11.3 Å². The van der Waals surface area contributed by atoms with E-state index < -0.39 is 11.8 Å². The molecule has 7 heteroatoms. The van der Waals surface area contributed by atoms with E-state index in [9.17, 15) is 14.4 Å². The first-order valence-corrected chi connectivity index (χ1v) is 10.4. The van der Waals surface area contributed by atoms with Gasteiger partial charge in [0.2, 0.25) is 0 Å². The van der Waals surface area contributed by atoms with E-state index in [1.807, 2.05) is 24.3 Å². The van der Waals surface area contributed by atoms with Crippen molar-refractivity contribution in [3.63, 3.8) is 0 Å². The number of fused-ring (bicyclic) bond motifs is 6. The third-order valence-corrected chi connectivity index (χ3v) is 6.08. The van der Waals surface area contributed by atoms with Crippen LogP contribution in [-0.4, -0.2) is 42.9 Å². The van der Waals surface area contributed by atoms with E-state index in [0.717, 1.165) is 11.1 Å². The molecule has 0 saturated carbocycles. The first-order valence-electron chi connectivity index (χ1n) is 10.4. The Labute approximate surface area is 184 Å². The molecule has 0 spiro atoms. The van der Waals surface area contributed by atoms with Gasteiger partial charge in [0.1, 0.15) is 5.69 Å². The van der Waals surface area contributed by atoms with Gasteiger partial charge in [-0.05, 0) is 31.0 Å². The molecule has 0 atom stereocenters. The first-order chi connectivity index (χ1) is 15.5. The van der Waals surface area contributed by atoms with Crippen LogP contribution in [0.3, 0.4) is 0 Å². The smallest absolute Gasteiger partial charge is 0.355 e. The normalized spacial score (nSPS) is 13.6. The lowest BCUT2D eigenvalue weighted by Gasteiger charge is -2.22. The molecular weight excluding hydrogens is 410 g/mol. The van der Waals surface area contributed by atoms with Crippen LogP contribution in [0.1, 0.15) is 54.8 Å². The third-order valence-electron chi connectivity index (χ3n) is 6.08. The number of ether oxygens (including phenoxy) is 3. The second kappa shape index (κ2) is 7.37. The zero-order chi connectivity index (χ0) is 22.6. The predicted molar refractivity (Wildman–Crippen MR) is 116 cm³/mol. The van der Waals surface area contributed by atoms with Crippen molar-refractivity contribution in [3.8, 4) is 22.8 Å². The van der Waals surface area contributed by atoms with E-state index in [1.54, 1.807) is 11.5 Å². The molecule has 3 aromatic rings. The van der Waals surface area contributed by atoms with Gasteiger partial charge >= 0.3 is 5.97 Å². The largest absolute Gasteiger partial charge is 0.493 e. The molecule has 162 valence electrons. The van der Waals surface area contributed by atoms with Gasteiger partial charge in [-0.2, -0.15) is 0 Å². The topological polar surface area (TPSA) is 83.8 Å². The van der Waals surface area contributed by atoms with Crippen molar-refractivity contribution in [2.24, 2.45) is 0 Å².